The Hall–Kier alpha value is -1.68. The Kier molecular flexibility index (Phi) is 2.65. The quantitative estimate of drug-likeness (QED) is 0.823. The van der Waals surface area contributed by atoms with Crippen molar-refractivity contribution in [3.63, 3.8) is 0 Å². The summed E-state index contributed by atoms with van der Waals surface area (Å²) in [5.74, 6) is 1.84. The molecular weight excluding hydrogens is 212 g/mol. The monoisotopic (exact) mass is 228 g/mol. The van der Waals surface area contributed by atoms with Gasteiger partial charge in [-0.1, -0.05) is 31.2 Å². The molecule has 17 heavy (non-hydrogen) atoms. The van der Waals surface area contributed by atoms with E-state index in [0.29, 0.717) is 0 Å². The van der Waals surface area contributed by atoms with Crippen LogP contribution in [0, 0.1) is 0 Å². The molecule has 1 atom stereocenters. The number of rotatable bonds is 2. The van der Waals surface area contributed by atoms with Crippen LogP contribution in [0.5, 0.6) is 0 Å². The van der Waals surface area contributed by atoms with Crippen molar-refractivity contribution in [1.82, 2.24) is 20.5 Å². The van der Waals surface area contributed by atoms with Gasteiger partial charge in [-0.3, -0.25) is 5.10 Å². The zero-order valence-electron chi connectivity index (χ0n) is 9.90. The van der Waals surface area contributed by atoms with Crippen LogP contribution >= 0.6 is 0 Å². The summed E-state index contributed by atoms with van der Waals surface area (Å²) < 4.78 is 0. The second kappa shape index (κ2) is 4.30. The average molecular weight is 228 g/mol. The number of H-pyrrole nitrogens is 1. The van der Waals surface area contributed by atoms with Crippen LogP contribution in [-0.4, -0.2) is 15.2 Å². The Morgan fingerprint density at radius 3 is 2.88 bits per heavy atom. The van der Waals surface area contributed by atoms with Crippen LogP contribution in [0.4, 0.5) is 0 Å². The van der Waals surface area contributed by atoms with E-state index in [1.165, 1.54) is 11.1 Å². The lowest BCUT2D eigenvalue weighted by atomic mass is 9.96. The highest BCUT2D eigenvalue weighted by atomic mass is 15.2. The molecular formula is C13H16N4. The number of hydrogen-bond acceptors (Lipinski definition) is 3. The molecule has 1 aliphatic rings. The van der Waals surface area contributed by atoms with Crippen LogP contribution in [0.3, 0.4) is 0 Å². The van der Waals surface area contributed by atoms with Gasteiger partial charge in [0.2, 0.25) is 0 Å². The Labute approximate surface area is 100 Å². The van der Waals surface area contributed by atoms with E-state index in [2.05, 4.69) is 51.7 Å². The van der Waals surface area contributed by atoms with Gasteiger partial charge in [0, 0.05) is 13.0 Å². The Balaban J connectivity index is 1.84. The number of benzene rings is 1. The Bertz CT molecular complexity index is 518. The van der Waals surface area contributed by atoms with Gasteiger partial charge < -0.3 is 5.32 Å². The van der Waals surface area contributed by atoms with Gasteiger partial charge in [-0.2, -0.15) is 5.10 Å². The summed E-state index contributed by atoms with van der Waals surface area (Å²) >= 11 is 0. The number of fused-ring (bicyclic) bond motifs is 1. The van der Waals surface area contributed by atoms with Crippen molar-refractivity contribution in [2.75, 3.05) is 0 Å². The van der Waals surface area contributed by atoms with Gasteiger partial charge in [0.05, 0.1) is 6.04 Å². The van der Waals surface area contributed by atoms with E-state index < -0.39 is 0 Å². The number of aromatic amines is 1. The van der Waals surface area contributed by atoms with Gasteiger partial charge >= 0.3 is 0 Å². The van der Waals surface area contributed by atoms with E-state index in [9.17, 15) is 0 Å². The number of aromatic nitrogens is 3. The lowest BCUT2D eigenvalue weighted by Gasteiger charge is -2.23. The first-order valence-electron chi connectivity index (χ1n) is 6.08. The fourth-order valence-electron chi connectivity index (χ4n) is 2.26. The number of nitrogens with zero attached hydrogens (tertiary/aromatic N) is 2. The van der Waals surface area contributed by atoms with Crippen LogP contribution < -0.4 is 5.32 Å². The van der Waals surface area contributed by atoms with Crippen molar-refractivity contribution < 1.29 is 0 Å². The van der Waals surface area contributed by atoms with Crippen LogP contribution in [0.25, 0.3) is 0 Å². The maximum absolute atomic E-state index is 4.50. The summed E-state index contributed by atoms with van der Waals surface area (Å²) in [6.07, 6.45) is 1.87. The second-order valence-corrected chi connectivity index (χ2v) is 4.40. The SMILES string of the molecule is CCc1nc(C2Cc3ccccc3CN2)n[nH]1. The summed E-state index contributed by atoms with van der Waals surface area (Å²) in [6, 6.07) is 8.78. The molecule has 0 fully saturated rings. The largest absolute Gasteiger partial charge is 0.303 e. The van der Waals surface area contributed by atoms with Crippen molar-refractivity contribution in [2.24, 2.45) is 0 Å². The molecule has 1 aliphatic heterocycles. The maximum Gasteiger partial charge on any atom is 0.167 e. The molecule has 1 aromatic carbocycles. The third-order valence-corrected chi connectivity index (χ3v) is 3.28. The highest BCUT2D eigenvalue weighted by molar-refractivity contribution is 5.30. The molecule has 88 valence electrons. The first-order valence-corrected chi connectivity index (χ1v) is 6.08. The average Bonchev–Trinajstić information content (AvgIpc) is 2.87. The second-order valence-electron chi connectivity index (χ2n) is 4.40. The maximum atomic E-state index is 4.50. The predicted octanol–water partition coefficient (Wildman–Crippen LogP) is 1.75. The molecule has 3 rings (SSSR count). The van der Waals surface area contributed by atoms with Crippen LogP contribution in [0.15, 0.2) is 24.3 Å². The van der Waals surface area contributed by atoms with E-state index >= 15 is 0 Å². The Morgan fingerprint density at radius 1 is 1.29 bits per heavy atom. The van der Waals surface area contributed by atoms with Crippen molar-refractivity contribution in [1.29, 1.82) is 0 Å². The van der Waals surface area contributed by atoms with E-state index in [0.717, 1.165) is 31.0 Å². The van der Waals surface area contributed by atoms with Gasteiger partial charge in [0.1, 0.15) is 5.82 Å². The zero-order valence-corrected chi connectivity index (χ0v) is 9.90. The molecule has 0 radical (unpaired) electrons. The molecule has 2 heterocycles. The molecule has 2 N–H and O–H groups in total. The van der Waals surface area contributed by atoms with Crippen LogP contribution in [-0.2, 0) is 19.4 Å². The molecule has 4 nitrogen and oxygen atoms in total. The van der Waals surface area contributed by atoms with Crippen LogP contribution in [0.2, 0.25) is 0 Å². The minimum Gasteiger partial charge on any atom is -0.303 e. The van der Waals surface area contributed by atoms with E-state index in [4.69, 9.17) is 0 Å². The summed E-state index contributed by atoms with van der Waals surface area (Å²) in [4.78, 5) is 4.50. The lowest BCUT2D eigenvalue weighted by molar-refractivity contribution is 0.477. The highest BCUT2D eigenvalue weighted by Gasteiger charge is 2.22. The molecule has 0 bridgehead atoms. The van der Waals surface area contributed by atoms with Gasteiger partial charge in [-0.25, -0.2) is 4.98 Å². The van der Waals surface area contributed by atoms with Crippen LogP contribution in [0.1, 0.15) is 35.7 Å². The van der Waals surface area contributed by atoms with Gasteiger partial charge in [0.25, 0.3) is 0 Å². The fraction of sp³-hybridized carbons (Fsp3) is 0.385. The molecule has 0 saturated heterocycles. The molecule has 0 spiro atoms. The van der Waals surface area contributed by atoms with Gasteiger partial charge in [0.15, 0.2) is 5.82 Å². The molecule has 0 saturated carbocycles. The smallest absolute Gasteiger partial charge is 0.167 e. The fourth-order valence-corrected chi connectivity index (χ4v) is 2.26. The first-order chi connectivity index (χ1) is 8.36. The standard InChI is InChI=1S/C13H16N4/c1-2-12-15-13(17-16-12)11-7-9-5-3-4-6-10(9)8-14-11/h3-6,11,14H,2,7-8H2,1H3,(H,15,16,17). The summed E-state index contributed by atoms with van der Waals surface area (Å²) in [6.45, 7) is 2.98. The molecule has 1 aromatic heterocycles. The molecule has 0 amide bonds. The first kappa shape index (κ1) is 10.5. The van der Waals surface area contributed by atoms with Crippen molar-refractivity contribution >= 4 is 0 Å². The normalized spacial score (nSPS) is 19.0. The van der Waals surface area contributed by atoms with Crippen molar-refractivity contribution in [2.45, 2.75) is 32.4 Å². The molecule has 2 aromatic rings. The third-order valence-electron chi connectivity index (χ3n) is 3.28. The van der Waals surface area contributed by atoms with Gasteiger partial charge in [-0.05, 0) is 17.5 Å². The summed E-state index contributed by atoms with van der Waals surface area (Å²) in [5, 5.41) is 10.7. The topological polar surface area (TPSA) is 53.6 Å². The number of nitrogens with one attached hydrogen (secondary N) is 2. The summed E-state index contributed by atoms with van der Waals surface area (Å²) in [5.41, 5.74) is 2.79. The highest BCUT2D eigenvalue weighted by Crippen LogP contribution is 2.23. The zero-order chi connectivity index (χ0) is 11.7. The van der Waals surface area contributed by atoms with E-state index in [-0.39, 0.29) is 6.04 Å². The minimum absolute atomic E-state index is 0.237. The predicted molar refractivity (Wildman–Crippen MR) is 65.5 cm³/mol. The molecule has 0 aliphatic carbocycles. The molecule has 1 unspecified atom stereocenters. The van der Waals surface area contributed by atoms with Crippen molar-refractivity contribution in [3.05, 3.63) is 47.0 Å². The Morgan fingerprint density at radius 2 is 2.12 bits per heavy atom. The minimum atomic E-state index is 0.237. The van der Waals surface area contributed by atoms with Crippen molar-refractivity contribution in [3.8, 4) is 0 Å². The molecule has 4 heteroatoms. The third kappa shape index (κ3) is 1.96. The number of hydrogen-bond donors (Lipinski definition) is 2. The lowest BCUT2D eigenvalue weighted by Crippen LogP contribution is -2.29. The van der Waals surface area contributed by atoms with Gasteiger partial charge in [-0.15, -0.1) is 0 Å². The summed E-state index contributed by atoms with van der Waals surface area (Å²) in [7, 11) is 0. The van der Waals surface area contributed by atoms with E-state index in [1.807, 2.05) is 0 Å². The van der Waals surface area contributed by atoms with E-state index in [1.54, 1.807) is 0 Å². The number of aryl methyl sites for hydroxylation is 1.